The van der Waals surface area contributed by atoms with Crippen LogP contribution in [-0.2, 0) is 16.1 Å². The highest BCUT2D eigenvalue weighted by molar-refractivity contribution is 5.83. The molecular weight excluding hydrogens is 275 g/mol. The number of ether oxygens (including phenoxy) is 1. The molecule has 6 heteroatoms. The first-order valence-electron chi connectivity index (χ1n) is 6.84. The molecule has 0 unspecified atom stereocenters. The van der Waals surface area contributed by atoms with Gasteiger partial charge in [0.05, 0.1) is 7.11 Å². The normalized spacial score (nSPS) is 13.1. The second-order valence-electron chi connectivity index (χ2n) is 4.84. The average Bonchev–Trinajstić information content (AvgIpc) is 2.50. The van der Waals surface area contributed by atoms with Crippen LogP contribution in [-0.4, -0.2) is 25.2 Å². The molecule has 2 N–H and O–H groups in total. The van der Waals surface area contributed by atoms with Crippen molar-refractivity contribution < 1.29 is 18.7 Å². The monoisotopic (exact) mass is 296 g/mol. The first-order chi connectivity index (χ1) is 9.97. The number of nitrogens with one attached hydrogen (secondary N) is 2. The third kappa shape index (κ3) is 5.41. The van der Waals surface area contributed by atoms with E-state index in [4.69, 9.17) is 0 Å². The molecule has 0 aliphatic carbocycles. The molecule has 0 radical (unpaired) electrons. The van der Waals surface area contributed by atoms with Gasteiger partial charge in [0.15, 0.2) is 0 Å². The standard InChI is InChI=1S/C15H21FN2O3/c1-4-10(2)13(14(19)21-3)18-15(20)17-9-11-5-7-12(16)8-6-11/h5-8,10,13H,4,9H2,1-3H3,(H2,17,18,20)/t10-,13+/m1/s1. The topological polar surface area (TPSA) is 67.4 Å². The highest BCUT2D eigenvalue weighted by Crippen LogP contribution is 2.09. The van der Waals surface area contributed by atoms with Crippen LogP contribution in [0.5, 0.6) is 0 Å². The predicted octanol–water partition coefficient (Wildman–Crippen LogP) is 2.21. The lowest BCUT2D eigenvalue weighted by Crippen LogP contribution is -2.49. The minimum atomic E-state index is -0.687. The summed E-state index contributed by atoms with van der Waals surface area (Å²) in [4.78, 5) is 23.5. The van der Waals surface area contributed by atoms with E-state index in [0.29, 0.717) is 0 Å². The Kier molecular flexibility index (Phi) is 6.65. The smallest absolute Gasteiger partial charge is 0.328 e. The third-order valence-corrected chi connectivity index (χ3v) is 3.32. The zero-order chi connectivity index (χ0) is 15.8. The molecule has 0 heterocycles. The van der Waals surface area contributed by atoms with Crippen LogP contribution in [0.3, 0.4) is 0 Å². The Hall–Kier alpha value is -2.11. The van der Waals surface area contributed by atoms with Crippen molar-refractivity contribution >= 4 is 12.0 Å². The first kappa shape index (κ1) is 16.9. The van der Waals surface area contributed by atoms with Crippen molar-refractivity contribution in [1.82, 2.24) is 10.6 Å². The number of halogens is 1. The number of carbonyl (C=O) groups excluding carboxylic acids is 2. The molecule has 1 rings (SSSR count). The molecule has 0 aromatic heterocycles. The molecule has 5 nitrogen and oxygen atoms in total. The van der Waals surface area contributed by atoms with Gasteiger partial charge >= 0.3 is 12.0 Å². The van der Waals surface area contributed by atoms with Crippen LogP contribution in [0.2, 0.25) is 0 Å². The zero-order valence-electron chi connectivity index (χ0n) is 12.5. The fourth-order valence-corrected chi connectivity index (χ4v) is 1.77. The van der Waals surface area contributed by atoms with Gasteiger partial charge in [-0.3, -0.25) is 0 Å². The Labute approximate surface area is 123 Å². The second kappa shape index (κ2) is 8.24. The van der Waals surface area contributed by atoms with E-state index in [1.54, 1.807) is 12.1 Å². The van der Waals surface area contributed by atoms with Crippen molar-refractivity contribution in [1.29, 1.82) is 0 Å². The maximum Gasteiger partial charge on any atom is 0.328 e. The van der Waals surface area contributed by atoms with Crippen LogP contribution in [0, 0.1) is 11.7 Å². The van der Waals surface area contributed by atoms with Crippen LogP contribution < -0.4 is 10.6 Å². The fourth-order valence-electron chi connectivity index (χ4n) is 1.77. The number of urea groups is 1. The van der Waals surface area contributed by atoms with Crippen LogP contribution in [0.4, 0.5) is 9.18 Å². The molecule has 2 atom stereocenters. The number of hydrogen-bond acceptors (Lipinski definition) is 3. The molecule has 0 aliphatic heterocycles. The predicted molar refractivity (Wildman–Crippen MR) is 77.0 cm³/mol. The summed E-state index contributed by atoms with van der Waals surface area (Å²) in [6.07, 6.45) is 0.734. The SMILES string of the molecule is CC[C@@H](C)[C@H](NC(=O)NCc1ccc(F)cc1)C(=O)OC. The van der Waals surface area contributed by atoms with Crippen LogP contribution >= 0.6 is 0 Å². The first-order valence-corrected chi connectivity index (χ1v) is 6.84. The molecule has 0 aliphatic rings. The Bertz CT molecular complexity index is 476. The average molecular weight is 296 g/mol. The summed E-state index contributed by atoms with van der Waals surface area (Å²) >= 11 is 0. The van der Waals surface area contributed by atoms with Gasteiger partial charge in [-0.1, -0.05) is 32.4 Å². The van der Waals surface area contributed by atoms with E-state index in [1.165, 1.54) is 19.2 Å². The van der Waals surface area contributed by atoms with E-state index in [-0.39, 0.29) is 18.3 Å². The summed E-state index contributed by atoms with van der Waals surface area (Å²) in [5.41, 5.74) is 0.768. The van der Waals surface area contributed by atoms with E-state index >= 15 is 0 Å². The van der Waals surface area contributed by atoms with Gasteiger partial charge in [-0.2, -0.15) is 0 Å². The van der Waals surface area contributed by atoms with Crippen molar-refractivity contribution in [2.24, 2.45) is 5.92 Å². The van der Waals surface area contributed by atoms with E-state index in [1.807, 2.05) is 13.8 Å². The summed E-state index contributed by atoms with van der Waals surface area (Å²) in [6.45, 7) is 4.04. The lowest BCUT2D eigenvalue weighted by atomic mass is 9.99. The molecule has 0 saturated heterocycles. The molecule has 0 fully saturated rings. The lowest BCUT2D eigenvalue weighted by molar-refractivity contribution is -0.144. The molecule has 21 heavy (non-hydrogen) atoms. The van der Waals surface area contributed by atoms with E-state index < -0.39 is 18.0 Å². The fraction of sp³-hybridized carbons (Fsp3) is 0.467. The van der Waals surface area contributed by atoms with Gasteiger partial charge in [-0.15, -0.1) is 0 Å². The van der Waals surface area contributed by atoms with Gasteiger partial charge in [0.25, 0.3) is 0 Å². The lowest BCUT2D eigenvalue weighted by Gasteiger charge is -2.22. The molecule has 0 spiro atoms. The number of esters is 1. The molecular formula is C15H21FN2O3. The minimum Gasteiger partial charge on any atom is -0.467 e. The Balaban J connectivity index is 2.53. The van der Waals surface area contributed by atoms with Crippen molar-refractivity contribution in [3.05, 3.63) is 35.6 Å². The number of hydrogen-bond donors (Lipinski definition) is 2. The number of amides is 2. The number of methoxy groups -OCH3 is 1. The zero-order valence-corrected chi connectivity index (χ0v) is 12.5. The largest absolute Gasteiger partial charge is 0.467 e. The highest BCUT2D eigenvalue weighted by Gasteiger charge is 2.26. The summed E-state index contributed by atoms with van der Waals surface area (Å²) in [5.74, 6) is -0.832. The molecule has 1 aromatic rings. The van der Waals surface area contributed by atoms with Gasteiger partial charge in [0.2, 0.25) is 0 Å². The maximum absolute atomic E-state index is 12.8. The summed E-state index contributed by atoms with van der Waals surface area (Å²) in [6, 6.07) is 4.67. The van der Waals surface area contributed by atoms with Crippen LogP contribution in [0.15, 0.2) is 24.3 Å². The van der Waals surface area contributed by atoms with Crippen molar-refractivity contribution in [3.63, 3.8) is 0 Å². The van der Waals surface area contributed by atoms with Gasteiger partial charge in [-0.05, 0) is 23.6 Å². The van der Waals surface area contributed by atoms with Gasteiger partial charge < -0.3 is 15.4 Å². The van der Waals surface area contributed by atoms with Crippen LogP contribution in [0.1, 0.15) is 25.8 Å². The number of benzene rings is 1. The molecule has 0 saturated carbocycles. The quantitative estimate of drug-likeness (QED) is 0.791. The van der Waals surface area contributed by atoms with Crippen molar-refractivity contribution in [2.45, 2.75) is 32.9 Å². The van der Waals surface area contributed by atoms with Gasteiger partial charge in [0, 0.05) is 6.54 Å². The van der Waals surface area contributed by atoms with Crippen molar-refractivity contribution in [3.8, 4) is 0 Å². The number of carbonyl (C=O) groups is 2. The minimum absolute atomic E-state index is 0.0333. The van der Waals surface area contributed by atoms with Crippen LogP contribution in [0.25, 0.3) is 0 Å². The Morgan fingerprint density at radius 2 is 1.90 bits per heavy atom. The van der Waals surface area contributed by atoms with Crippen molar-refractivity contribution in [2.75, 3.05) is 7.11 Å². The Morgan fingerprint density at radius 1 is 1.29 bits per heavy atom. The molecule has 2 amide bonds. The van der Waals surface area contributed by atoms with Gasteiger partial charge in [0.1, 0.15) is 11.9 Å². The van der Waals surface area contributed by atoms with E-state index in [0.717, 1.165) is 12.0 Å². The van der Waals surface area contributed by atoms with E-state index in [9.17, 15) is 14.0 Å². The third-order valence-electron chi connectivity index (χ3n) is 3.32. The highest BCUT2D eigenvalue weighted by atomic mass is 19.1. The van der Waals surface area contributed by atoms with Gasteiger partial charge in [-0.25, -0.2) is 14.0 Å². The molecule has 116 valence electrons. The summed E-state index contributed by atoms with van der Waals surface area (Å²) < 4.78 is 17.5. The number of rotatable bonds is 6. The van der Waals surface area contributed by atoms with E-state index in [2.05, 4.69) is 15.4 Å². The summed E-state index contributed by atoms with van der Waals surface area (Å²) in [5, 5.41) is 5.23. The molecule has 1 aromatic carbocycles. The molecule has 0 bridgehead atoms. The Morgan fingerprint density at radius 3 is 2.43 bits per heavy atom. The second-order valence-corrected chi connectivity index (χ2v) is 4.84. The maximum atomic E-state index is 12.8. The summed E-state index contributed by atoms with van der Waals surface area (Å²) in [7, 11) is 1.29.